The average Bonchev–Trinajstić information content (AvgIpc) is 2.92. The van der Waals surface area contributed by atoms with Crippen molar-refractivity contribution in [2.24, 2.45) is 5.92 Å². The molecule has 0 radical (unpaired) electrons. The first-order chi connectivity index (χ1) is 19.7. The summed E-state index contributed by atoms with van der Waals surface area (Å²) in [6.07, 6.45) is 6.60. The third kappa shape index (κ3) is 3.96. The molecule has 0 aromatic heterocycles. The van der Waals surface area contributed by atoms with E-state index >= 15 is 0 Å². The summed E-state index contributed by atoms with van der Waals surface area (Å²) in [6, 6.07) is 19.9. The second kappa shape index (κ2) is 8.99. The van der Waals surface area contributed by atoms with E-state index < -0.39 is 5.79 Å². The van der Waals surface area contributed by atoms with E-state index in [0.29, 0.717) is 22.6 Å². The molecule has 7 nitrogen and oxygen atoms in total. The normalized spacial score (nSPS) is 23.9. The number of aromatic hydroxyl groups is 5. The molecule has 2 heterocycles. The van der Waals surface area contributed by atoms with Gasteiger partial charge in [-0.2, -0.15) is 0 Å². The second-order valence-electron chi connectivity index (χ2n) is 11.0. The first-order valence-corrected chi connectivity index (χ1v) is 13.5. The molecule has 4 aromatic rings. The molecular weight excluding hydrogens is 520 g/mol. The molecule has 3 aliphatic rings. The Bertz CT molecular complexity index is 1770. The SMILES string of the molecule is CC1=C[C@H]2c3ccc(/C=C/c4ccc(O)cc4O)cc3O[C@]3(c4ccc(O)cc4O)Oc4cc(O)ccc4[C@H](C1)[C@H]23. The van der Waals surface area contributed by atoms with Gasteiger partial charge in [0.15, 0.2) is 0 Å². The highest BCUT2D eigenvalue weighted by molar-refractivity contribution is 5.74. The number of hydrogen-bond acceptors (Lipinski definition) is 7. The van der Waals surface area contributed by atoms with Gasteiger partial charge in [-0.25, -0.2) is 0 Å². The summed E-state index contributed by atoms with van der Waals surface area (Å²) < 4.78 is 13.5. The number of benzene rings is 4. The van der Waals surface area contributed by atoms with Crippen LogP contribution in [0.1, 0.15) is 53.0 Å². The number of phenols is 5. The maximum absolute atomic E-state index is 11.1. The maximum atomic E-state index is 11.1. The highest BCUT2D eigenvalue weighted by atomic mass is 16.7. The fourth-order valence-electron chi connectivity index (χ4n) is 6.67. The van der Waals surface area contributed by atoms with Gasteiger partial charge in [-0.05, 0) is 60.9 Å². The van der Waals surface area contributed by atoms with E-state index in [-0.39, 0.29) is 46.5 Å². The van der Waals surface area contributed by atoms with Crippen LogP contribution in [0.5, 0.6) is 40.2 Å². The Labute approximate surface area is 236 Å². The van der Waals surface area contributed by atoms with Crippen LogP contribution in [0.4, 0.5) is 0 Å². The lowest BCUT2D eigenvalue weighted by Gasteiger charge is -2.55. The monoisotopic (exact) mass is 548 g/mol. The highest BCUT2D eigenvalue weighted by Crippen LogP contribution is 2.64. The molecule has 4 atom stereocenters. The summed E-state index contributed by atoms with van der Waals surface area (Å²) in [5.41, 5.74) is 4.93. The fourth-order valence-corrected chi connectivity index (χ4v) is 6.67. The first-order valence-electron chi connectivity index (χ1n) is 13.5. The number of phenolic OH excluding ortho intramolecular Hbond substituents is 5. The topological polar surface area (TPSA) is 120 Å². The Morgan fingerprint density at radius 2 is 1.37 bits per heavy atom. The molecule has 206 valence electrons. The van der Waals surface area contributed by atoms with Gasteiger partial charge in [-0.1, -0.05) is 42.0 Å². The van der Waals surface area contributed by atoms with Gasteiger partial charge >= 0.3 is 0 Å². The highest BCUT2D eigenvalue weighted by Gasteiger charge is 2.61. The zero-order chi connectivity index (χ0) is 28.5. The molecule has 0 amide bonds. The lowest BCUT2D eigenvalue weighted by atomic mass is 9.61. The predicted molar refractivity (Wildman–Crippen MR) is 153 cm³/mol. The largest absolute Gasteiger partial charge is 0.508 e. The molecule has 0 spiro atoms. The van der Waals surface area contributed by atoms with E-state index in [1.165, 1.54) is 29.8 Å². The molecule has 41 heavy (non-hydrogen) atoms. The predicted octanol–water partition coefficient (Wildman–Crippen LogP) is 6.86. The van der Waals surface area contributed by atoms with Gasteiger partial charge in [-0.3, -0.25) is 0 Å². The lowest BCUT2D eigenvalue weighted by molar-refractivity contribution is -0.198. The Morgan fingerprint density at radius 3 is 2.12 bits per heavy atom. The Balaban J connectivity index is 1.41. The van der Waals surface area contributed by atoms with Crippen molar-refractivity contribution in [3.05, 3.63) is 112 Å². The molecule has 7 rings (SSSR count). The third-order valence-corrected chi connectivity index (χ3v) is 8.41. The van der Waals surface area contributed by atoms with Gasteiger partial charge in [0.1, 0.15) is 40.2 Å². The van der Waals surface area contributed by atoms with Gasteiger partial charge < -0.3 is 35.0 Å². The molecule has 0 saturated heterocycles. The minimum absolute atomic E-state index is 0.0179. The number of allylic oxidation sites excluding steroid dienone is 2. The average molecular weight is 549 g/mol. The standard InChI is InChI=1S/C34H28O7/c1-18-12-26-24-9-3-19(2-4-20-5-6-21(35)15-29(20)38)14-31(24)40-34(28-11-8-22(36)16-30(28)39)33(26)27(13-18)25-10-7-23(37)17-32(25)41-34/h2-12,14-17,26-27,33,35-39H,13H2,1H3/b4-2+/t26-,27-,33-,34+/m0/s1. The minimum atomic E-state index is -1.45. The van der Waals surface area contributed by atoms with Crippen LogP contribution < -0.4 is 9.47 Å². The van der Waals surface area contributed by atoms with Gasteiger partial charge in [0.2, 0.25) is 0 Å². The molecule has 4 aromatic carbocycles. The van der Waals surface area contributed by atoms with Gasteiger partial charge in [0.25, 0.3) is 5.79 Å². The maximum Gasteiger partial charge on any atom is 0.285 e. The summed E-state index contributed by atoms with van der Waals surface area (Å²) >= 11 is 0. The molecule has 0 fully saturated rings. The number of ether oxygens (including phenoxy) is 2. The summed E-state index contributed by atoms with van der Waals surface area (Å²) in [6.45, 7) is 2.11. The second-order valence-corrected chi connectivity index (χ2v) is 11.0. The lowest BCUT2D eigenvalue weighted by Crippen LogP contribution is -2.56. The number of rotatable bonds is 3. The van der Waals surface area contributed by atoms with E-state index in [4.69, 9.17) is 9.47 Å². The molecule has 0 saturated carbocycles. The van der Waals surface area contributed by atoms with E-state index in [0.717, 1.165) is 23.1 Å². The van der Waals surface area contributed by atoms with Crippen molar-refractivity contribution in [2.75, 3.05) is 0 Å². The van der Waals surface area contributed by atoms with E-state index in [1.54, 1.807) is 30.3 Å². The summed E-state index contributed by atoms with van der Waals surface area (Å²) in [7, 11) is 0. The molecule has 0 unspecified atom stereocenters. The zero-order valence-corrected chi connectivity index (χ0v) is 22.2. The van der Waals surface area contributed by atoms with Crippen molar-refractivity contribution in [1.82, 2.24) is 0 Å². The van der Waals surface area contributed by atoms with Crippen LogP contribution in [0.25, 0.3) is 12.2 Å². The van der Waals surface area contributed by atoms with Crippen molar-refractivity contribution in [3.8, 4) is 40.2 Å². The molecule has 7 heteroatoms. The number of fused-ring (bicyclic) bond motifs is 4. The van der Waals surface area contributed by atoms with Crippen LogP contribution in [-0.4, -0.2) is 25.5 Å². The molecular formula is C34H28O7. The van der Waals surface area contributed by atoms with Crippen molar-refractivity contribution in [3.63, 3.8) is 0 Å². The summed E-state index contributed by atoms with van der Waals surface area (Å²) in [4.78, 5) is 0. The van der Waals surface area contributed by atoms with E-state index in [2.05, 4.69) is 13.0 Å². The quantitative estimate of drug-likeness (QED) is 0.140. The van der Waals surface area contributed by atoms with E-state index in [1.807, 2.05) is 30.3 Å². The van der Waals surface area contributed by atoms with Crippen molar-refractivity contribution < 1.29 is 35.0 Å². The van der Waals surface area contributed by atoms with Gasteiger partial charge in [-0.15, -0.1) is 0 Å². The molecule has 0 bridgehead atoms. The third-order valence-electron chi connectivity index (χ3n) is 8.41. The summed E-state index contributed by atoms with van der Waals surface area (Å²) in [5.74, 6) is -0.991. The van der Waals surface area contributed by atoms with Crippen molar-refractivity contribution in [2.45, 2.75) is 31.0 Å². The summed E-state index contributed by atoms with van der Waals surface area (Å²) in [5, 5.41) is 51.3. The van der Waals surface area contributed by atoms with Gasteiger partial charge in [0.05, 0.1) is 11.5 Å². The zero-order valence-electron chi connectivity index (χ0n) is 22.2. The van der Waals surface area contributed by atoms with Crippen LogP contribution in [0.15, 0.2) is 84.4 Å². The fraction of sp³-hybridized carbons (Fsp3) is 0.176. The molecule has 2 aliphatic heterocycles. The Hall–Kier alpha value is -5.04. The smallest absolute Gasteiger partial charge is 0.285 e. The molecule has 5 N–H and O–H groups in total. The minimum Gasteiger partial charge on any atom is -0.508 e. The Morgan fingerprint density at radius 1 is 0.707 bits per heavy atom. The van der Waals surface area contributed by atoms with E-state index in [9.17, 15) is 25.5 Å². The van der Waals surface area contributed by atoms with Crippen molar-refractivity contribution >= 4 is 12.2 Å². The van der Waals surface area contributed by atoms with Crippen LogP contribution in [0, 0.1) is 5.92 Å². The van der Waals surface area contributed by atoms with Crippen LogP contribution in [0.3, 0.4) is 0 Å². The Kier molecular flexibility index (Phi) is 5.47. The van der Waals surface area contributed by atoms with Crippen LogP contribution >= 0.6 is 0 Å². The van der Waals surface area contributed by atoms with Gasteiger partial charge in [0, 0.05) is 41.2 Å². The van der Waals surface area contributed by atoms with Crippen LogP contribution in [-0.2, 0) is 5.79 Å². The number of hydrogen-bond donors (Lipinski definition) is 5. The van der Waals surface area contributed by atoms with Crippen LogP contribution in [0.2, 0.25) is 0 Å². The molecule has 1 aliphatic carbocycles. The van der Waals surface area contributed by atoms with Crippen molar-refractivity contribution in [1.29, 1.82) is 0 Å². The first kappa shape index (κ1) is 25.0.